The Morgan fingerprint density at radius 3 is 2.23 bits per heavy atom. The minimum Gasteiger partial charge on any atom is -0.492 e. The highest BCUT2D eigenvalue weighted by Gasteiger charge is 2.33. The van der Waals surface area contributed by atoms with E-state index >= 15 is 0 Å². The van der Waals surface area contributed by atoms with E-state index in [9.17, 15) is 28.8 Å². The molecular formula is C40H49N9O8. The summed E-state index contributed by atoms with van der Waals surface area (Å²) in [6.07, 6.45) is 0.256. The average molecular weight is 784 g/mol. The number of nitriles is 1. The van der Waals surface area contributed by atoms with Crippen LogP contribution in [0.5, 0.6) is 11.5 Å². The van der Waals surface area contributed by atoms with Crippen molar-refractivity contribution in [2.45, 2.75) is 51.2 Å². The predicted octanol–water partition coefficient (Wildman–Crippen LogP) is -0.130. The Labute approximate surface area is 330 Å². The van der Waals surface area contributed by atoms with Crippen LogP contribution < -0.4 is 47.9 Å². The van der Waals surface area contributed by atoms with Gasteiger partial charge in [-0.1, -0.05) is 29.8 Å². The summed E-state index contributed by atoms with van der Waals surface area (Å²) >= 11 is 0. The molecule has 0 saturated carbocycles. The Morgan fingerprint density at radius 2 is 1.58 bits per heavy atom. The van der Waals surface area contributed by atoms with Gasteiger partial charge in [0.1, 0.15) is 49.4 Å². The van der Waals surface area contributed by atoms with Crippen LogP contribution in [0.25, 0.3) is 11.1 Å². The van der Waals surface area contributed by atoms with E-state index in [-0.39, 0.29) is 57.7 Å². The van der Waals surface area contributed by atoms with Crippen LogP contribution in [0.4, 0.5) is 0 Å². The molecule has 0 radical (unpaired) electrons. The van der Waals surface area contributed by atoms with Crippen molar-refractivity contribution < 1.29 is 38.2 Å². The minimum atomic E-state index is -1.35. The smallest absolute Gasteiger partial charge is 0.251 e. The Morgan fingerprint density at radius 1 is 0.912 bits per heavy atom. The maximum atomic E-state index is 14.2. The second-order valence-electron chi connectivity index (χ2n) is 13.4. The maximum Gasteiger partial charge on any atom is 0.251 e. The van der Waals surface area contributed by atoms with Gasteiger partial charge in [0.05, 0.1) is 12.6 Å². The molecule has 1 aliphatic rings. The van der Waals surface area contributed by atoms with Crippen molar-refractivity contribution in [2.75, 3.05) is 46.4 Å². The molecule has 302 valence electrons. The average Bonchev–Trinajstić information content (AvgIpc) is 3.19. The molecule has 0 aromatic heterocycles. The number of ether oxygens (including phenoxy) is 2. The predicted molar refractivity (Wildman–Crippen MR) is 209 cm³/mol. The van der Waals surface area contributed by atoms with Crippen molar-refractivity contribution in [1.82, 2.24) is 26.2 Å². The fourth-order valence-corrected chi connectivity index (χ4v) is 6.26. The zero-order chi connectivity index (χ0) is 41.6. The normalized spacial score (nSPS) is 16.5. The SMILES string of the molecule is Cc1ccc(C(=O)NCC(=O)N(C)[C@@H]2C(=O)N[C@@H](C)C(=O)N[C@H](C(=O)NCC#N)Cc3ccc(OCCN)c(c3)-c3cc2ccc3OCCN)c(CCC(N)=O)c1. The van der Waals surface area contributed by atoms with Gasteiger partial charge in [-0.15, -0.1) is 0 Å². The van der Waals surface area contributed by atoms with Gasteiger partial charge in [-0.2, -0.15) is 5.26 Å². The van der Waals surface area contributed by atoms with Gasteiger partial charge in [0.2, 0.25) is 29.5 Å². The number of hydrogen-bond donors (Lipinski definition) is 7. The van der Waals surface area contributed by atoms with E-state index in [2.05, 4.69) is 21.3 Å². The highest BCUT2D eigenvalue weighted by atomic mass is 16.5. The highest BCUT2D eigenvalue weighted by molar-refractivity contribution is 5.99. The lowest BCUT2D eigenvalue weighted by atomic mass is 9.93. The van der Waals surface area contributed by atoms with Crippen molar-refractivity contribution in [3.63, 3.8) is 0 Å². The quantitative estimate of drug-likeness (QED) is 0.0998. The molecule has 57 heavy (non-hydrogen) atoms. The number of nitrogens with one attached hydrogen (secondary N) is 4. The number of benzene rings is 3. The number of hydrogen-bond acceptors (Lipinski definition) is 11. The topological polar surface area (TPSA) is 274 Å². The first-order valence-corrected chi connectivity index (χ1v) is 18.4. The molecule has 10 N–H and O–H groups in total. The Hall–Kier alpha value is -6.51. The zero-order valence-electron chi connectivity index (χ0n) is 32.2. The second kappa shape index (κ2) is 20.4. The number of nitrogens with zero attached hydrogens (tertiary/aromatic N) is 2. The number of primary amides is 1. The summed E-state index contributed by atoms with van der Waals surface area (Å²) in [5.74, 6) is -3.04. The molecule has 3 aromatic rings. The molecule has 1 aliphatic heterocycles. The number of likely N-dealkylation sites (N-methyl/N-ethyl adjacent to an activating group) is 1. The lowest BCUT2D eigenvalue weighted by molar-refractivity contribution is -0.139. The van der Waals surface area contributed by atoms with Crippen molar-refractivity contribution in [3.05, 3.63) is 82.4 Å². The van der Waals surface area contributed by atoms with E-state index in [1.807, 2.05) is 13.0 Å². The van der Waals surface area contributed by atoms with Crippen molar-refractivity contribution in [1.29, 1.82) is 5.26 Å². The fraction of sp³-hybridized carbons (Fsp3) is 0.375. The van der Waals surface area contributed by atoms with Gasteiger partial charge in [-0.05, 0) is 67.3 Å². The van der Waals surface area contributed by atoms with E-state index < -0.39 is 60.1 Å². The summed E-state index contributed by atoms with van der Waals surface area (Å²) in [5.41, 5.74) is 20.5. The molecule has 3 atom stereocenters. The number of aryl methyl sites for hydroxylation is 2. The first kappa shape index (κ1) is 43.2. The molecule has 0 spiro atoms. The molecular weight excluding hydrogens is 734 g/mol. The van der Waals surface area contributed by atoms with Crippen molar-refractivity contribution >= 4 is 35.4 Å². The van der Waals surface area contributed by atoms with Crippen molar-refractivity contribution in [2.24, 2.45) is 17.2 Å². The molecule has 4 bridgehead atoms. The van der Waals surface area contributed by atoms with Crippen LogP contribution in [0, 0.1) is 18.3 Å². The third-order valence-electron chi connectivity index (χ3n) is 9.15. The molecule has 0 unspecified atom stereocenters. The van der Waals surface area contributed by atoms with Crippen LogP contribution in [0.1, 0.15) is 52.0 Å². The summed E-state index contributed by atoms with van der Waals surface area (Å²) in [5, 5.41) is 19.5. The van der Waals surface area contributed by atoms with E-state index in [0.29, 0.717) is 39.3 Å². The van der Waals surface area contributed by atoms with Gasteiger partial charge < -0.3 is 52.8 Å². The summed E-state index contributed by atoms with van der Waals surface area (Å²) < 4.78 is 12.1. The second-order valence-corrected chi connectivity index (χ2v) is 13.4. The Bertz CT molecular complexity index is 2030. The summed E-state index contributed by atoms with van der Waals surface area (Å²) in [4.78, 5) is 80.8. The van der Waals surface area contributed by atoms with E-state index in [1.165, 1.54) is 14.0 Å². The first-order valence-electron chi connectivity index (χ1n) is 18.4. The van der Waals surface area contributed by atoms with Gasteiger partial charge in [-0.25, -0.2) is 0 Å². The van der Waals surface area contributed by atoms with Crippen LogP contribution in [0.15, 0.2) is 54.6 Å². The third kappa shape index (κ3) is 11.5. The fourth-order valence-electron chi connectivity index (χ4n) is 6.26. The Balaban J connectivity index is 1.79. The Kier molecular flexibility index (Phi) is 15.5. The van der Waals surface area contributed by atoms with Gasteiger partial charge in [0.25, 0.3) is 5.91 Å². The van der Waals surface area contributed by atoms with Gasteiger partial charge in [0.15, 0.2) is 0 Å². The molecule has 0 aliphatic carbocycles. The summed E-state index contributed by atoms with van der Waals surface area (Å²) in [7, 11) is 1.39. The van der Waals surface area contributed by atoms with Gasteiger partial charge in [-0.3, -0.25) is 28.8 Å². The number of carbonyl (C=O) groups is 6. The summed E-state index contributed by atoms with van der Waals surface area (Å²) in [6, 6.07) is 13.3. The number of amides is 6. The van der Waals surface area contributed by atoms with Crippen LogP contribution in [-0.4, -0.2) is 98.9 Å². The number of carbonyl (C=O) groups excluding carboxylic acids is 6. The molecule has 0 fully saturated rings. The van der Waals surface area contributed by atoms with E-state index in [0.717, 1.165) is 10.5 Å². The molecule has 3 aromatic carbocycles. The largest absolute Gasteiger partial charge is 0.492 e. The number of fused-ring (bicyclic) bond motifs is 5. The third-order valence-corrected chi connectivity index (χ3v) is 9.15. The molecule has 4 rings (SSSR count). The number of nitrogens with two attached hydrogens (primary N) is 3. The molecule has 17 nitrogen and oxygen atoms in total. The molecule has 1 heterocycles. The van der Waals surface area contributed by atoms with Crippen LogP contribution in [0.2, 0.25) is 0 Å². The highest BCUT2D eigenvalue weighted by Crippen LogP contribution is 2.40. The van der Waals surface area contributed by atoms with Crippen LogP contribution in [-0.2, 0) is 36.8 Å². The summed E-state index contributed by atoms with van der Waals surface area (Å²) in [6.45, 7) is 3.15. The maximum absolute atomic E-state index is 14.2. The number of rotatable bonds is 15. The zero-order valence-corrected chi connectivity index (χ0v) is 32.2. The first-order chi connectivity index (χ1) is 27.3. The van der Waals surface area contributed by atoms with Gasteiger partial charge >= 0.3 is 0 Å². The van der Waals surface area contributed by atoms with Crippen LogP contribution in [0.3, 0.4) is 0 Å². The lowest BCUT2D eigenvalue weighted by Gasteiger charge is -2.30. The molecule has 0 saturated heterocycles. The van der Waals surface area contributed by atoms with Gasteiger partial charge in [0, 0.05) is 49.7 Å². The standard InChI is InChI=1S/C40H49N9O8/c1-23-4-8-28(26(18-23)7-11-34(44)50)38(53)46-22-35(51)49(3)36-27-6-10-33(57-17-14-43)30(21-27)29-19-25(5-9-32(29)56-16-13-42)20-31(39(54)45-15-12-41)48-37(52)24(2)47-40(36)55/h4-6,8-10,18-19,21,24,31,36H,7,11,13-17,20,22,42-43H2,1-3H3,(H2,44,50)(H,45,54)(H,46,53)(H,47,55)(H,48,52)/t24-,31-,36-/m0/s1. The van der Waals surface area contributed by atoms with Crippen molar-refractivity contribution in [3.8, 4) is 28.7 Å². The molecule has 17 heteroatoms. The molecule has 6 amide bonds. The van der Waals surface area contributed by atoms with E-state index in [4.69, 9.17) is 31.9 Å². The lowest BCUT2D eigenvalue weighted by Crippen LogP contribution is -2.55. The monoisotopic (exact) mass is 783 g/mol. The van der Waals surface area contributed by atoms with E-state index in [1.54, 1.807) is 54.6 Å². The minimum absolute atomic E-state index is 0.00727. The van der Waals surface area contributed by atoms with Crippen LogP contribution >= 0.6 is 0 Å².